The van der Waals surface area contributed by atoms with Crippen molar-refractivity contribution in [1.29, 1.82) is 0 Å². The molecule has 1 aromatic rings. The second-order valence-corrected chi connectivity index (χ2v) is 2.94. The van der Waals surface area contributed by atoms with Crippen LogP contribution in [0.3, 0.4) is 0 Å². The van der Waals surface area contributed by atoms with Crippen molar-refractivity contribution in [1.82, 2.24) is 0 Å². The Morgan fingerprint density at radius 2 is 2.29 bits per heavy atom. The Bertz CT molecular complexity index is 383. The largest absolute Gasteiger partial charge is 0.507 e. The van der Waals surface area contributed by atoms with E-state index in [1.54, 1.807) is 12.1 Å². The monoisotopic (exact) mass is 188 g/mol. The van der Waals surface area contributed by atoms with Crippen molar-refractivity contribution in [2.75, 3.05) is 0 Å². The van der Waals surface area contributed by atoms with Crippen molar-refractivity contribution in [2.24, 2.45) is 0 Å². The first-order valence-corrected chi connectivity index (χ1v) is 4.55. The van der Waals surface area contributed by atoms with Crippen LogP contribution in [0.2, 0.25) is 0 Å². The van der Waals surface area contributed by atoms with E-state index in [-0.39, 0.29) is 11.3 Å². The number of rotatable bonds is 2. The van der Waals surface area contributed by atoms with Gasteiger partial charge in [0, 0.05) is 12.0 Å². The van der Waals surface area contributed by atoms with Crippen LogP contribution in [0.5, 0.6) is 5.75 Å². The van der Waals surface area contributed by atoms with Crippen molar-refractivity contribution in [3.05, 3.63) is 29.3 Å². The lowest BCUT2D eigenvalue weighted by molar-refractivity contribution is 0.112. The Balaban J connectivity index is 2.91. The van der Waals surface area contributed by atoms with E-state index in [2.05, 4.69) is 18.8 Å². The molecule has 0 aliphatic heterocycles. The molecule has 0 amide bonds. The predicted octanol–water partition coefficient (Wildman–Crippen LogP) is 2.36. The highest BCUT2D eigenvalue weighted by Crippen LogP contribution is 2.15. The third kappa shape index (κ3) is 2.63. The molecular weight excluding hydrogens is 176 g/mol. The lowest BCUT2D eigenvalue weighted by Crippen LogP contribution is -1.83. The number of aromatic hydroxyl groups is 1. The summed E-state index contributed by atoms with van der Waals surface area (Å²) < 4.78 is 0. The number of phenolic OH excluding ortho intramolecular Hbond substituents is 1. The van der Waals surface area contributed by atoms with Crippen LogP contribution in [0.15, 0.2) is 18.2 Å². The van der Waals surface area contributed by atoms with E-state index in [1.165, 1.54) is 6.07 Å². The molecule has 2 heteroatoms. The quantitative estimate of drug-likeness (QED) is 0.571. The Morgan fingerprint density at radius 3 is 2.93 bits per heavy atom. The number of carbonyl (C=O) groups excluding carboxylic acids is 1. The van der Waals surface area contributed by atoms with Gasteiger partial charge in [0.1, 0.15) is 5.75 Å². The van der Waals surface area contributed by atoms with Crippen molar-refractivity contribution in [2.45, 2.75) is 19.8 Å². The summed E-state index contributed by atoms with van der Waals surface area (Å²) in [5, 5.41) is 9.23. The molecule has 72 valence electrons. The zero-order valence-corrected chi connectivity index (χ0v) is 8.08. The zero-order valence-electron chi connectivity index (χ0n) is 8.08. The van der Waals surface area contributed by atoms with Crippen molar-refractivity contribution in [3.8, 4) is 17.6 Å². The van der Waals surface area contributed by atoms with Gasteiger partial charge in [-0.25, -0.2) is 0 Å². The number of hydrogen-bond donors (Lipinski definition) is 1. The third-order valence-electron chi connectivity index (χ3n) is 1.76. The Hall–Kier alpha value is -1.75. The maximum absolute atomic E-state index is 10.5. The normalized spacial score (nSPS) is 8.93. The zero-order chi connectivity index (χ0) is 10.4. The predicted molar refractivity (Wildman–Crippen MR) is 55.3 cm³/mol. The van der Waals surface area contributed by atoms with Gasteiger partial charge in [-0.2, -0.15) is 0 Å². The van der Waals surface area contributed by atoms with E-state index in [4.69, 9.17) is 0 Å². The Labute approximate surface area is 83.6 Å². The number of carbonyl (C=O) groups is 1. The number of phenols is 1. The van der Waals surface area contributed by atoms with E-state index >= 15 is 0 Å². The maximum Gasteiger partial charge on any atom is 0.153 e. The molecule has 0 aliphatic rings. The first kappa shape index (κ1) is 10.3. The van der Waals surface area contributed by atoms with Gasteiger partial charge in [-0.1, -0.05) is 18.8 Å². The number of benzene rings is 1. The van der Waals surface area contributed by atoms with Gasteiger partial charge < -0.3 is 5.11 Å². The van der Waals surface area contributed by atoms with Gasteiger partial charge in [0.2, 0.25) is 0 Å². The summed E-state index contributed by atoms with van der Waals surface area (Å²) in [6, 6.07) is 4.77. The highest BCUT2D eigenvalue weighted by Gasteiger charge is 1.98. The fourth-order valence-corrected chi connectivity index (χ4v) is 1.02. The molecule has 0 atom stereocenters. The van der Waals surface area contributed by atoms with E-state index < -0.39 is 0 Å². The van der Waals surface area contributed by atoms with E-state index in [9.17, 15) is 9.90 Å². The van der Waals surface area contributed by atoms with Crippen LogP contribution in [0.25, 0.3) is 0 Å². The maximum atomic E-state index is 10.5. The molecule has 0 heterocycles. The average molecular weight is 188 g/mol. The van der Waals surface area contributed by atoms with Crippen molar-refractivity contribution >= 4 is 6.29 Å². The molecule has 14 heavy (non-hydrogen) atoms. The van der Waals surface area contributed by atoms with Crippen LogP contribution in [-0.2, 0) is 0 Å². The molecule has 1 rings (SSSR count). The summed E-state index contributed by atoms with van der Waals surface area (Å²) in [5.41, 5.74) is 1.05. The van der Waals surface area contributed by atoms with Crippen LogP contribution in [-0.4, -0.2) is 11.4 Å². The van der Waals surface area contributed by atoms with Gasteiger partial charge in [0.25, 0.3) is 0 Å². The van der Waals surface area contributed by atoms with Crippen LogP contribution in [0.1, 0.15) is 35.7 Å². The molecule has 2 nitrogen and oxygen atoms in total. The molecule has 0 unspecified atom stereocenters. The number of aldehydes is 1. The highest BCUT2D eigenvalue weighted by atomic mass is 16.3. The minimum absolute atomic E-state index is 0.000964. The number of hydrogen-bond acceptors (Lipinski definition) is 2. The lowest BCUT2D eigenvalue weighted by Gasteiger charge is -1.96. The summed E-state index contributed by atoms with van der Waals surface area (Å²) in [6.07, 6.45) is 2.49. The average Bonchev–Trinajstić information content (AvgIpc) is 2.21. The SMILES string of the molecule is CCCC#Cc1ccc(O)c(C=O)c1. The molecule has 0 aromatic heterocycles. The molecule has 0 spiro atoms. The molecule has 0 saturated heterocycles. The van der Waals surface area contributed by atoms with Gasteiger partial charge in [-0.05, 0) is 24.6 Å². The molecule has 0 fully saturated rings. The molecule has 0 aliphatic carbocycles. The van der Waals surface area contributed by atoms with Gasteiger partial charge in [0.15, 0.2) is 6.29 Å². The molecule has 0 bridgehead atoms. The van der Waals surface area contributed by atoms with Gasteiger partial charge in [-0.3, -0.25) is 4.79 Å². The van der Waals surface area contributed by atoms with Crippen LogP contribution < -0.4 is 0 Å². The third-order valence-corrected chi connectivity index (χ3v) is 1.76. The van der Waals surface area contributed by atoms with Gasteiger partial charge in [-0.15, -0.1) is 0 Å². The van der Waals surface area contributed by atoms with Crippen LogP contribution in [0.4, 0.5) is 0 Å². The smallest absolute Gasteiger partial charge is 0.153 e. The first-order valence-electron chi connectivity index (χ1n) is 4.55. The van der Waals surface area contributed by atoms with E-state index in [1.807, 2.05) is 0 Å². The van der Waals surface area contributed by atoms with Crippen LogP contribution >= 0.6 is 0 Å². The summed E-state index contributed by atoms with van der Waals surface area (Å²) >= 11 is 0. The first-order chi connectivity index (χ1) is 6.77. The second kappa shape index (κ2) is 5.08. The van der Waals surface area contributed by atoms with Gasteiger partial charge >= 0.3 is 0 Å². The molecule has 0 saturated carbocycles. The molecule has 1 aromatic carbocycles. The Kier molecular flexibility index (Phi) is 3.75. The topological polar surface area (TPSA) is 37.3 Å². The molecular formula is C12H12O2. The van der Waals surface area contributed by atoms with E-state index in [0.717, 1.165) is 18.4 Å². The molecule has 0 radical (unpaired) electrons. The number of unbranched alkanes of at least 4 members (excludes halogenated alkanes) is 1. The van der Waals surface area contributed by atoms with Gasteiger partial charge in [0.05, 0.1) is 5.56 Å². The van der Waals surface area contributed by atoms with Crippen molar-refractivity contribution in [3.63, 3.8) is 0 Å². The lowest BCUT2D eigenvalue weighted by atomic mass is 10.1. The van der Waals surface area contributed by atoms with Crippen LogP contribution in [0, 0.1) is 11.8 Å². The standard InChI is InChI=1S/C12H12O2/c1-2-3-4-5-10-6-7-12(14)11(8-10)9-13/h6-9,14H,2-3H2,1H3. The minimum Gasteiger partial charge on any atom is -0.507 e. The summed E-state index contributed by atoms with van der Waals surface area (Å²) in [4.78, 5) is 10.5. The summed E-state index contributed by atoms with van der Waals surface area (Å²) in [7, 11) is 0. The highest BCUT2D eigenvalue weighted by molar-refractivity contribution is 5.79. The van der Waals surface area contributed by atoms with Crippen molar-refractivity contribution < 1.29 is 9.90 Å². The minimum atomic E-state index is 0.000964. The molecule has 1 N–H and O–H groups in total. The summed E-state index contributed by atoms with van der Waals surface area (Å²) in [5.74, 6) is 5.90. The van der Waals surface area contributed by atoms with E-state index in [0.29, 0.717) is 6.29 Å². The Morgan fingerprint density at radius 1 is 1.50 bits per heavy atom. The fourth-order valence-electron chi connectivity index (χ4n) is 1.02. The summed E-state index contributed by atoms with van der Waals surface area (Å²) in [6.45, 7) is 2.06. The second-order valence-electron chi connectivity index (χ2n) is 2.94. The fraction of sp³-hybridized carbons (Fsp3) is 0.250.